The highest BCUT2D eigenvalue weighted by Gasteiger charge is 2.25. The van der Waals surface area contributed by atoms with Crippen LogP contribution in [0, 0.1) is 5.82 Å². The van der Waals surface area contributed by atoms with Crippen LogP contribution < -0.4 is 15.8 Å². The summed E-state index contributed by atoms with van der Waals surface area (Å²) in [5.74, 6) is -0.958. The second kappa shape index (κ2) is 11.0. The zero-order valence-corrected chi connectivity index (χ0v) is 22.8. The van der Waals surface area contributed by atoms with Crippen LogP contribution in [0.1, 0.15) is 11.6 Å². The van der Waals surface area contributed by atoms with E-state index in [9.17, 15) is 14.0 Å². The van der Waals surface area contributed by atoms with Gasteiger partial charge in [0.15, 0.2) is 5.13 Å². The van der Waals surface area contributed by atoms with Crippen molar-refractivity contribution in [3.8, 4) is 11.1 Å². The molecular weight excluding hydrogens is 525 g/mol. The first-order chi connectivity index (χ1) is 19.5. The van der Waals surface area contributed by atoms with Gasteiger partial charge in [-0.15, -0.1) is 11.3 Å². The molecule has 0 saturated carbocycles. The van der Waals surface area contributed by atoms with Crippen molar-refractivity contribution in [1.29, 1.82) is 0 Å². The van der Waals surface area contributed by atoms with Crippen LogP contribution in [-0.2, 0) is 4.79 Å². The number of nitrogens with zero attached hydrogens (tertiary/aromatic N) is 4. The van der Waals surface area contributed by atoms with Crippen LogP contribution >= 0.6 is 11.3 Å². The number of nitrogens with one attached hydrogen (secondary N) is 1. The number of likely N-dealkylation sites (N-methyl/N-ethyl adjacent to an activating group) is 1. The summed E-state index contributed by atoms with van der Waals surface area (Å²) in [7, 11) is 2.15. The van der Waals surface area contributed by atoms with Gasteiger partial charge in [0.2, 0.25) is 0 Å². The number of benzene rings is 3. The van der Waals surface area contributed by atoms with Crippen molar-refractivity contribution in [1.82, 2.24) is 14.5 Å². The van der Waals surface area contributed by atoms with Crippen molar-refractivity contribution < 1.29 is 9.18 Å². The summed E-state index contributed by atoms with van der Waals surface area (Å²) >= 11 is 1.27. The molecule has 2 aromatic heterocycles. The Hall–Kier alpha value is -4.34. The number of anilines is 2. The molecule has 202 valence electrons. The van der Waals surface area contributed by atoms with Crippen LogP contribution in [0.2, 0.25) is 0 Å². The van der Waals surface area contributed by atoms with E-state index in [1.807, 2.05) is 18.2 Å². The van der Waals surface area contributed by atoms with Crippen LogP contribution in [0.4, 0.5) is 15.2 Å². The zero-order valence-electron chi connectivity index (χ0n) is 22.0. The summed E-state index contributed by atoms with van der Waals surface area (Å²) in [6.07, 6.45) is 3.18. The number of fused-ring (bicyclic) bond motifs is 1. The number of carbonyl (C=O) groups excluding carboxylic acids is 1. The molecule has 6 rings (SSSR count). The van der Waals surface area contributed by atoms with E-state index >= 15 is 0 Å². The summed E-state index contributed by atoms with van der Waals surface area (Å²) < 4.78 is 15.5. The molecule has 7 nitrogen and oxygen atoms in total. The molecule has 1 N–H and O–H groups in total. The lowest BCUT2D eigenvalue weighted by molar-refractivity contribution is -0.118. The van der Waals surface area contributed by atoms with Crippen LogP contribution in [-0.4, -0.2) is 53.6 Å². The van der Waals surface area contributed by atoms with Gasteiger partial charge in [-0.1, -0.05) is 30.3 Å². The minimum Gasteiger partial charge on any atom is -0.369 e. The second-order valence-corrected chi connectivity index (χ2v) is 10.8. The summed E-state index contributed by atoms with van der Waals surface area (Å²) in [6, 6.07) is 20.7. The predicted octanol–water partition coefficient (Wildman–Crippen LogP) is 5.24. The number of rotatable bonds is 6. The van der Waals surface area contributed by atoms with Crippen LogP contribution in [0.15, 0.2) is 95.4 Å². The summed E-state index contributed by atoms with van der Waals surface area (Å²) in [5.41, 5.74) is 3.30. The molecule has 0 bridgehead atoms. The summed E-state index contributed by atoms with van der Waals surface area (Å²) in [6.45, 7) is 4.13. The first-order valence-electron chi connectivity index (χ1n) is 13.1. The number of amides is 1. The second-order valence-electron chi connectivity index (χ2n) is 9.95. The van der Waals surface area contributed by atoms with Crippen molar-refractivity contribution >= 4 is 38.8 Å². The maximum atomic E-state index is 14.2. The van der Waals surface area contributed by atoms with E-state index in [-0.39, 0.29) is 5.56 Å². The highest BCUT2D eigenvalue weighted by molar-refractivity contribution is 7.13. The Morgan fingerprint density at radius 1 is 0.975 bits per heavy atom. The molecule has 9 heteroatoms. The van der Waals surface area contributed by atoms with E-state index in [0.29, 0.717) is 16.1 Å². The molecule has 1 aliphatic heterocycles. The van der Waals surface area contributed by atoms with E-state index in [0.717, 1.165) is 42.7 Å². The Kier molecular flexibility index (Phi) is 7.15. The molecule has 3 aromatic carbocycles. The van der Waals surface area contributed by atoms with E-state index in [4.69, 9.17) is 0 Å². The van der Waals surface area contributed by atoms with Gasteiger partial charge in [0, 0.05) is 55.0 Å². The number of carbonyl (C=O) groups is 1. The third kappa shape index (κ3) is 5.25. The summed E-state index contributed by atoms with van der Waals surface area (Å²) in [5, 5.41) is 6.14. The quantitative estimate of drug-likeness (QED) is 0.311. The fraction of sp³-hybridized carbons (Fsp3) is 0.194. The van der Waals surface area contributed by atoms with Crippen molar-refractivity contribution in [2.45, 2.75) is 6.04 Å². The van der Waals surface area contributed by atoms with E-state index < -0.39 is 17.8 Å². The first-order valence-corrected chi connectivity index (χ1v) is 14.0. The highest BCUT2D eigenvalue weighted by atomic mass is 32.1. The smallest absolute Gasteiger partial charge is 0.259 e. The zero-order chi connectivity index (χ0) is 27.6. The van der Waals surface area contributed by atoms with Crippen molar-refractivity contribution in [2.24, 2.45) is 0 Å². The molecule has 1 aliphatic rings. The number of pyridine rings is 1. The van der Waals surface area contributed by atoms with E-state index in [1.165, 1.54) is 39.8 Å². The minimum absolute atomic E-state index is 0.335. The largest absolute Gasteiger partial charge is 0.369 e. The average molecular weight is 554 g/mol. The van der Waals surface area contributed by atoms with Gasteiger partial charge in [0.05, 0.1) is 0 Å². The molecule has 1 amide bonds. The third-order valence-corrected chi connectivity index (χ3v) is 8.04. The lowest BCUT2D eigenvalue weighted by atomic mass is 10.0. The fourth-order valence-corrected chi connectivity index (χ4v) is 5.68. The molecule has 1 saturated heterocycles. The van der Waals surface area contributed by atoms with Gasteiger partial charge >= 0.3 is 0 Å². The summed E-state index contributed by atoms with van der Waals surface area (Å²) in [4.78, 5) is 35.9. The van der Waals surface area contributed by atoms with Gasteiger partial charge in [-0.3, -0.25) is 19.5 Å². The van der Waals surface area contributed by atoms with Crippen LogP contribution in [0.5, 0.6) is 0 Å². The van der Waals surface area contributed by atoms with E-state index in [2.05, 4.69) is 51.4 Å². The molecular formula is C31H28FN5O2S. The van der Waals surface area contributed by atoms with Crippen molar-refractivity contribution in [3.05, 3.63) is 112 Å². The van der Waals surface area contributed by atoms with Gasteiger partial charge in [0.1, 0.15) is 11.9 Å². The van der Waals surface area contributed by atoms with Crippen molar-refractivity contribution in [3.63, 3.8) is 0 Å². The van der Waals surface area contributed by atoms with Gasteiger partial charge in [-0.25, -0.2) is 9.37 Å². The molecule has 1 fully saturated rings. The number of aromatic nitrogens is 2. The van der Waals surface area contributed by atoms with E-state index in [1.54, 1.807) is 29.9 Å². The molecule has 40 heavy (non-hydrogen) atoms. The molecule has 1 unspecified atom stereocenters. The van der Waals surface area contributed by atoms with Gasteiger partial charge in [-0.05, 0) is 71.6 Å². The lowest BCUT2D eigenvalue weighted by Gasteiger charge is -2.34. The highest BCUT2D eigenvalue weighted by Crippen LogP contribution is 2.28. The first kappa shape index (κ1) is 25.9. The molecule has 0 aliphatic carbocycles. The fourth-order valence-electron chi connectivity index (χ4n) is 5.15. The van der Waals surface area contributed by atoms with Gasteiger partial charge in [0.25, 0.3) is 11.5 Å². The molecule has 1 atom stereocenters. The van der Waals surface area contributed by atoms with Gasteiger partial charge < -0.3 is 9.80 Å². The molecule has 0 radical (unpaired) electrons. The Labute approximate surface area is 235 Å². The Balaban J connectivity index is 1.32. The Morgan fingerprint density at radius 2 is 1.75 bits per heavy atom. The van der Waals surface area contributed by atoms with Crippen LogP contribution in [0.3, 0.4) is 0 Å². The number of halogens is 1. The monoisotopic (exact) mass is 553 g/mol. The maximum Gasteiger partial charge on any atom is 0.259 e. The number of hydrogen-bond acceptors (Lipinski definition) is 6. The minimum atomic E-state index is -1.07. The molecule has 0 spiro atoms. The van der Waals surface area contributed by atoms with Gasteiger partial charge in [-0.2, -0.15) is 0 Å². The predicted molar refractivity (Wildman–Crippen MR) is 159 cm³/mol. The average Bonchev–Trinajstić information content (AvgIpc) is 3.48. The normalized spacial score (nSPS) is 14.8. The lowest BCUT2D eigenvalue weighted by Crippen LogP contribution is -2.44. The number of hydrogen-bond donors (Lipinski definition) is 1. The Morgan fingerprint density at radius 3 is 2.48 bits per heavy atom. The SMILES string of the molecule is CN1CCN(c2ccc(-c3ccc4c(=O)n(C(C(=O)Nc5nccs5)c5cccc(F)c5)ccc4c3)cc2)CC1. The third-order valence-electron chi connectivity index (χ3n) is 7.35. The maximum absolute atomic E-state index is 14.2. The van der Waals surface area contributed by atoms with Crippen LogP contribution in [0.25, 0.3) is 21.9 Å². The topological polar surface area (TPSA) is 70.5 Å². The number of thiazole rings is 1. The molecule has 3 heterocycles. The molecule has 5 aromatic rings. The standard InChI is InChI=1S/C31H28FN5O2S/c1-35-14-16-36(17-15-35)26-8-5-21(6-9-26)22-7-10-27-23(19-22)11-13-37(30(27)39)28(24-3-2-4-25(32)20-24)29(38)34-31-33-12-18-40-31/h2-13,18-20,28H,14-17H2,1H3,(H,33,34,38). The Bertz CT molecular complexity index is 1710. The van der Waals surface area contributed by atoms with Crippen molar-refractivity contribution in [2.75, 3.05) is 43.4 Å². The number of piperazine rings is 1.